The summed E-state index contributed by atoms with van der Waals surface area (Å²) in [5.74, 6) is 0.910. The molecule has 3 heteroatoms. The van der Waals surface area contributed by atoms with Gasteiger partial charge in [0.2, 0.25) is 0 Å². The van der Waals surface area contributed by atoms with E-state index in [-0.39, 0.29) is 0 Å². The minimum absolute atomic E-state index is 0.480. The van der Waals surface area contributed by atoms with Crippen molar-refractivity contribution in [2.75, 3.05) is 12.4 Å². The third kappa shape index (κ3) is 3.05. The quantitative estimate of drug-likeness (QED) is 0.689. The molecule has 1 saturated carbocycles. The van der Waals surface area contributed by atoms with E-state index >= 15 is 0 Å². The van der Waals surface area contributed by atoms with Crippen LogP contribution in [0.1, 0.15) is 31.2 Å². The van der Waals surface area contributed by atoms with Crippen LogP contribution in [0.2, 0.25) is 0 Å². The molecule has 0 saturated heterocycles. The number of hydrogen-bond donors (Lipinski definition) is 0. The minimum Gasteiger partial charge on any atom is -0.496 e. The summed E-state index contributed by atoms with van der Waals surface area (Å²) in [5.41, 5.74) is 1.88. The van der Waals surface area contributed by atoms with E-state index in [1.54, 1.807) is 7.11 Å². The standard InChI is InChI=1S/C14H18Br2O/c1-17-13-5-4-11(8-12(13)16)9-14(10-15)6-2-3-7-14/h4-5,8H,2-3,6-7,9-10H2,1H3. The van der Waals surface area contributed by atoms with E-state index in [4.69, 9.17) is 4.74 Å². The van der Waals surface area contributed by atoms with Crippen LogP contribution in [-0.4, -0.2) is 12.4 Å². The highest BCUT2D eigenvalue weighted by molar-refractivity contribution is 9.10. The Bertz CT molecular complexity index is 384. The van der Waals surface area contributed by atoms with E-state index in [2.05, 4.69) is 50.1 Å². The zero-order valence-corrected chi connectivity index (χ0v) is 13.3. The summed E-state index contributed by atoms with van der Waals surface area (Å²) >= 11 is 7.26. The van der Waals surface area contributed by atoms with Gasteiger partial charge in [0.05, 0.1) is 11.6 Å². The molecule has 0 spiro atoms. The zero-order valence-electron chi connectivity index (χ0n) is 10.1. The van der Waals surface area contributed by atoms with E-state index in [1.807, 2.05) is 0 Å². The second-order valence-corrected chi connectivity index (χ2v) is 6.40. The second-order valence-electron chi connectivity index (χ2n) is 4.99. The van der Waals surface area contributed by atoms with Crippen molar-refractivity contribution in [3.05, 3.63) is 28.2 Å². The van der Waals surface area contributed by atoms with Crippen molar-refractivity contribution in [2.45, 2.75) is 32.1 Å². The Morgan fingerprint density at radius 3 is 2.53 bits per heavy atom. The Kier molecular flexibility index (Phi) is 4.53. The van der Waals surface area contributed by atoms with Gasteiger partial charge in [-0.25, -0.2) is 0 Å². The smallest absolute Gasteiger partial charge is 0.133 e. The Balaban J connectivity index is 2.15. The molecule has 1 aromatic carbocycles. The molecule has 2 rings (SSSR count). The Morgan fingerprint density at radius 2 is 2.00 bits per heavy atom. The number of ether oxygens (including phenoxy) is 1. The topological polar surface area (TPSA) is 9.23 Å². The van der Waals surface area contributed by atoms with Crippen molar-refractivity contribution in [1.82, 2.24) is 0 Å². The first-order chi connectivity index (χ1) is 8.19. The van der Waals surface area contributed by atoms with Crippen LogP contribution in [0.5, 0.6) is 5.75 Å². The van der Waals surface area contributed by atoms with E-state index in [1.165, 1.54) is 37.7 Å². The van der Waals surface area contributed by atoms with Crippen molar-refractivity contribution in [3.63, 3.8) is 0 Å². The van der Waals surface area contributed by atoms with E-state index in [0.717, 1.165) is 15.6 Å². The molecule has 0 unspecified atom stereocenters. The lowest BCUT2D eigenvalue weighted by atomic mass is 9.82. The first-order valence-corrected chi connectivity index (χ1v) is 7.99. The van der Waals surface area contributed by atoms with Gasteiger partial charge in [0, 0.05) is 5.33 Å². The van der Waals surface area contributed by atoms with Gasteiger partial charge in [0.25, 0.3) is 0 Å². The molecule has 0 aromatic heterocycles. The number of benzene rings is 1. The number of halogens is 2. The molecule has 0 radical (unpaired) electrons. The molecule has 0 atom stereocenters. The third-order valence-electron chi connectivity index (χ3n) is 3.74. The fraction of sp³-hybridized carbons (Fsp3) is 0.571. The highest BCUT2D eigenvalue weighted by Crippen LogP contribution is 2.43. The van der Waals surface area contributed by atoms with Crippen LogP contribution in [0.4, 0.5) is 0 Å². The van der Waals surface area contributed by atoms with Crippen LogP contribution < -0.4 is 4.74 Å². The van der Waals surface area contributed by atoms with Crippen LogP contribution in [0.3, 0.4) is 0 Å². The lowest BCUT2D eigenvalue weighted by Crippen LogP contribution is -2.21. The van der Waals surface area contributed by atoms with Gasteiger partial charge in [-0.15, -0.1) is 0 Å². The van der Waals surface area contributed by atoms with Gasteiger partial charge in [0.15, 0.2) is 0 Å². The average Bonchev–Trinajstić information content (AvgIpc) is 2.79. The van der Waals surface area contributed by atoms with E-state index < -0.39 is 0 Å². The van der Waals surface area contributed by atoms with Crippen LogP contribution in [0.15, 0.2) is 22.7 Å². The SMILES string of the molecule is COc1ccc(CC2(CBr)CCCC2)cc1Br. The number of alkyl halides is 1. The summed E-state index contributed by atoms with van der Waals surface area (Å²) < 4.78 is 6.32. The summed E-state index contributed by atoms with van der Waals surface area (Å²) in [6, 6.07) is 6.43. The zero-order chi connectivity index (χ0) is 12.3. The molecular formula is C14H18Br2O. The Hall–Kier alpha value is -0.0200. The van der Waals surface area contributed by atoms with Gasteiger partial charge < -0.3 is 4.74 Å². The molecule has 1 aliphatic rings. The second kappa shape index (κ2) is 5.75. The summed E-state index contributed by atoms with van der Waals surface area (Å²) in [7, 11) is 1.71. The maximum absolute atomic E-state index is 5.27. The molecule has 0 amide bonds. The lowest BCUT2D eigenvalue weighted by molar-refractivity contribution is 0.346. The van der Waals surface area contributed by atoms with Crippen molar-refractivity contribution in [1.29, 1.82) is 0 Å². The summed E-state index contributed by atoms with van der Waals surface area (Å²) in [6.07, 6.45) is 6.62. The van der Waals surface area contributed by atoms with Gasteiger partial charge in [-0.1, -0.05) is 34.8 Å². The molecule has 0 aliphatic heterocycles. The van der Waals surface area contributed by atoms with Gasteiger partial charge in [-0.05, 0) is 58.3 Å². The summed E-state index contributed by atoms with van der Waals surface area (Å²) in [6.45, 7) is 0. The van der Waals surface area contributed by atoms with Crippen LogP contribution >= 0.6 is 31.9 Å². The number of methoxy groups -OCH3 is 1. The van der Waals surface area contributed by atoms with Crippen LogP contribution in [-0.2, 0) is 6.42 Å². The molecule has 1 fully saturated rings. The molecule has 1 aliphatic carbocycles. The van der Waals surface area contributed by atoms with Gasteiger partial charge >= 0.3 is 0 Å². The summed E-state index contributed by atoms with van der Waals surface area (Å²) in [5, 5.41) is 1.11. The normalized spacial score (nSPS) is 18.3. The number of hydrogen-bond acceptors (Lipinski definition) is 1. The lowest BCUT2D eigenvalue weighted by Gasteiger charge is -2.26. The maximum atomic E-state index is 5.27. The molecule has 0 N–H and O–H groups in total. The number of rotatable bonds is 4. The van der Waals surface area contributed by atoms with Crippen LogP contribution in [0, 0.1) is 5.41 Å². The van der Waals surface area contributed by atoms with Crippen molar-refractivity contribution < 1.29 is 4.74 Å². The fourth-order valence-corrected chi connectivity index (χ4v) is 4.08. The molecule has 0 heterocycles. The van der Waals surface area contributed by atoms with Gasteiger partial charge in [-0.2, -0.15) is 0 Å². The van der Waals surface area contributed by atoms with E-state index in [0.29, 0.717) is 5.41 Å². The molecule has 0 bridgehead atoms. The monoisotopic (exact) mass is 360 g/mol. The van der Waals surface area contributed by atoms with Crippen molar-refractivity contribution in [3.8, 4) is 5.75 Å². The Morgan fingerprint density at radius 1 is 1.29 bits per heavy atom. The Labute approximate surface area is 120 Å². The molecule has 17 heavy (non-hydrogen) atoms. The predicted octanol–water partition coefficient (Wildman–Crippen LogP) is 4.96. The highest BCUT2D eigenvalue weighted by Gasteiger charge is 2.32. The molecule has 94 valence electrons. The summed E-state index contributed by atoms with van der Waals surface area (Å²) in [4.78, 5) is 0. The first-order valence-electron chi connectivity index (χ1n) is 6.07. The average molecular weight is 362 g/mol. The van der Waals surface area contributed by atoms with E-state index in [9.17, 15) is 0 Å². The van der Waals surface area contributed by atoms with Gasteiger partial charge in [0.1, 0.15) is 5.75 Å². The third-order valence-corrected chi connectivity index (χ3v) is 5.55. The fourth-order valence-electron chi connectivity index (χ4n) is 2.74. The highest BCUT2D eigenvalue weighted by atomic mass is 79.9. The maximum Gasteiger partial charge on any atom is 0.133 e. The van der Waals surface area contributed by atoms with Crippen LogP contribution in [0.25, 0.3) is 0 Å². The van der Waals surface area contributed by atoms with Crippen molar-refractivity contribution >= 4 is 31.9 Å². The van der Waals surface area contributed by atoms with Crippen molar-refractivity contribution in [2.24, 2.45) is 5.41 Å². The molecular weight excluding hydrogens is 344 g/mol. The molecule has 1 aromatic rings. The minimum atomic E-state index is 0.480. The largest absolute Gasteiger partial charge is 0.496 e. The first kappa shape index (κ1) is 13.4. The van der Waals surface area contributed by atoms with Gasteiger partial charge in [-0.3, -0.25) is 0 Å². The molecule has 1 nitrogen and oxygen atoms in total. The predicted molar refractivity (Wildman–Crippen MR) is 79.1 cm³/mol.